The van der Waals surface area contributed by atoms with Crippen LogP contribution in [0.2, 0.25) is 0 Å². The van der Waals surface area contributed by atoms with Crippen LogP contribution in [-0.2, 0) is 18.0 Å². The van der Waals surface area contributed by atoms with Crippen LogP contribution in [0.1, 0.15) is 5.56 Å². The molecule has 3 heterocycles. The Kier molecular flexibility index (Phi) is 4.94. The number of likely N-dealkylation sites (tertiary alicyclic amines) is 1. The van der Waals surface area contributed by atoms with E-state index in [4.69, 9.17) is 0 Å². The molecule has 1 aliphatic rings. The van der Waals surface area contributed by atoms with Gasteiger partial charge in [-0.15, -0.1) is 11.3 Å². The molecule has 0 radical (unpaired) electrons. The second kappa shape index (κ2) is 7.29. The molecule has 2 aromatic heterocycles. The van der Waals surface area contributed by atoms with Crippen molar-refractivity contribution in [3.63, 3.8) is 0 Å². The van der Waals surface area contributed by atoms with E-state index in [1.807, 2.05) is 0 Å². The number of fused-ring (bicyclic) bond motifs is 1. The van der Waals surface area contributed by atoms with Gasteiger partial charge in [0, 0.05) is 27.4 Å². The van der Waals surface area contributed by atoms with E-state index in [-0.39, 0.29) is 25.2 Å². The van der Waals surface area contributed by atoms with Crippen molar-refractivity contribution in [2.45, 2.75) is 18.9 Å². The minimum absolute atomic E-state index is 0.103. The summed E-state index contributed by atoms with van der Waals surface area (Å²) < 4.78 is 54.7. The van der Waals surface area contributed by atoms with Crippen molar-refractivity contribution in [2.24, 2.45) is 0 Å². The molecule has 4 rings (SSSR count). The molecule has 0 spiro atoms. The van der Waals surface area contributed by atoms with Crippen LogP contribution in [0.15, 0.2) is 40.6 Å². The fraction of sp³-hybridized carbons (Fsp3) is 0.300. The van der Waals surface area contributed by atoms with E-state index in [0.717, 1.165) is 11.0 Å². The molecular formula is C20H16F4N2O2S. The first-order valence-corrected chi connectivity index (χ1v) is 9.71. The highest BCUT2D eigenvalue weighted by atomic mass is 32.1. The fourth-order valence-corrected chi connectivity index (χ4v) is 4.36. The Morgan fingerprint density at radius 1 is 1.21 bits per heavy atom. The number of benzene rings is 1. The van der Waals surface area contributed by atoms with Crippen LogP contribution >= 0.6 is 11.3 Å². The van der Waals surface area contributed by atoms with Crippen LogP contribution in [0.3, 0.4) is 0 Å². The SMILES string of the molecule is O=C(Cn1ccc2scc(-c3ccc(F)c(CF)c3)c2c1=O)N1CC(F)(CF)C1. The molecule has 0 saturated carbocycles. The van der Waals surface area contributed by atoms with Crippen LogP contribution in [0.25, 0.3) is 21.2 Å². The van der Waals surface area contributed by atoms with Gasteiger partial charge in [-0.25, -0.2) is 17.6 Å². The summed E-state index contributed by atoms with van der Waals surface area (Å²) in [4.78, 5) is 26.4. The molecule has 29 heavy (non-hydrogen) atoms. The van der Waals surface area contributed by atoms with Crippen LogP contribution in [0, 0.1) is 5.82 Å². The molecule has 1 aliphatic heterocycles. The molecule has 1 amide bonds. The third-order valence-electron chi connectivity index (χ3n) is 5.05. The lowest BCUT2D eigenvalue weighted by Crippen LogP contribution is -2.62. The molecule has 9 heteroatoms. The molecule has 0 atom stereocenters. The Morgan fingerprint density at radius 3 is 2.66 bits per heavy atom. The molecule has 0 N–H and O–H groups in total. The van der Waals surface area contributed by atoms with E-state index in [2.05, 4.69) is 0 Å². The highest BCUT2D eigenvalue weighted by Crippen LogP contribution is 2.33. The third kappa shape index (κ3) is 3.43. The van der Waals surface area contributed by atoms with Crippen molar-refractivity contribution >= 4 is 27.3 Å². The summed E-state index contributed by atoms with van der Waals surface area (Å²) in [6, 6.07) is 5.65. The number of alkyl halides is 3. The van der Waals surface area contributed by atoms with Crippen LogP contribution < -0.4 is 5.56 Å². The summed E-state index contributed by atoms with van der Waals surface area (Å²) in [5, 5.41) is 2.07. The highest BCUT2D eigenvalue weighted by molar-refractivity contribution is 7.17. The van der Waals surface area contributed by atoms with E-state index in [9.17, 15) is 27.2 Å². The Balaban J connectivity index is 1.67. The lowest BCUT2D eigenvalue weighted by Gasteiger charge is -2.42. The average molecular weight is 424 g/mol. The average Bonchev–Trinajstić information content (AvgIpc) is 3.13. The molecule has 3 aromatic rings. The lowest BCUT2D eigenvalue weighted by atomic mass is 9.98. The number of pyridine rings is 1. The highest BCUT2D eigenvalue weighted by Gasteiger charge is 2.45. The Hall–Kier alpha value is -2.68. The van der Waals surface area contributed by atoms with Crippen molar-refractivity contribution < 1.29 is 22.4 Å². The number of nitrogens with zero attached hydrogens (tertiary/aromatic N) is 2. The number of amides is 1. The van der Waals surface area contributed by atoms with E-state index in [1.54, 1.807) is 11.4 Å². The summed E-state index contributed by atoms with van der Waals surface area (Å²) in [5.41, 5.74) is -1.51. The number of hydrogen-bond donors (Lipinski definition) is 0. The summed E-state index contributed by atoms with van der Waals surface area (Å²) in [5.74, 6) is -1.14. The largest absolute Gasteiger partial charge is 0.334 e. The minimum Gasteiger partial charge on any atom is -0.334 e. The quantitative estimate of drug-likeness (QED) is 0.584. The molecule has 1 fully saturated rings. The van der Waals surface area contributed by atoms with Crippen LogP contribution in [0.5, 0.6) is 0 Å². The van der Waals surface area contributed by atoms with Gasteiger partial charge in [-0.1, -0.05) is 6.07 Å². The van der Waals surface area contributed by atoms with E-state index in [0.29, 0.717) is 21.2 Å². The molecule has 152 valence electrons. The molecule has 0 aliphatic carbocycles. The fourth-order valence-electron chi connectivity index (χ4n) is 3.41. The van der Waals surface area contributed by atoms with Crippen LogP contribution in [0.4, 0.5) is 17.6 Å². The zero-order valence-electron chi connectivity index (χ0n) is 15.1. The first kappa shape index (κ1) is 19.6. The predicted molar refractivity (Wildman–Crippen MR) is 103 cm³/mol. The van der Waals surface area contributed by atoms with Gasteiger partial charge in [0.2, 0.25) is 5.91 Å². The predicted octanol–water partition coefficient (Wildman–Crippen LogP) is 3.86. The van der Waals surface area contributed by atoms with Gasteiger partial charge in [0.25, 0.3) is 5.56 Å². The van der Waals surface area contributed by atoms with E-state index >= 15 is 0 Å². The standard InChI is InChI=1S/C20H16F4N2O2S/c21-6-13-5-12(1-2-15(13)23)14-8-29-16-3-4-25(19(28)18(14)16)7-17(27)26-10-20(24,9-22)11-26/h1-5,8H,6-7,9-11H2. The normalized spacial score (nSPS) is 15.5. The summed E-state index contributed by atoms with van der Waals surface area (Å²) in [6.45, 7) is -3.08. The molecule has 0 bridgehead atoms. The number of carbonyl (C=O) groups is 1. The van der Waals surface area contributed by atoms with E-state index < -0.39 is 36.3 Å². The second-order valence-electron chi connectivity index (χ2n) is 7.11. The molecule has 4 nitrogen and oxygen atoms in total. The topological polar surface area (TPSA) is 42.3 Å². The Morgan fingerprint density at radius 2 is 1.97 bits per heavy atom. The van der Waals surface area contributed by atoms with Gasteiger partial charge in [-0.3, -0.25) is 9.59 Å². The maximum Gasteiger partial charge on any atom is 0.260 e. The first-order valence-electron chi connectivity index (χ1n) is 8.83. The van der Waals surface area contributed by atoms with Gasteiger partial charge < -0.3 is 9.47 Å². The van der Waals surface area contributed by atoms with E-state index in [1.165, 1.54) is 34.2 Å². The maximum absolute atomic E-state index is 13.7. The molecule has 1 saturated heterocycles. The summed E-state index contributed by atoms with van der Waals surface area (Å²) in [6.07, 6.45) is 1.47. The first-order chi connectivity index (χ1) is 13.8. The van der Waals surface area contributed by atoms with Crippen molar-refractivity contribution in [3.8, 4) is 11.1 Å². The third-order valence-corrected chi connectivity index (χ3v) is 5.99. The number of hydrogen-bond acceptors (Lipinski definition) is 3. The zero-order valence-corrected chi connectivity index (χ0v) is 15.9. The monoisotopic (exact) mass is 424 g/mol. The number of carbonyl (C=O) groups excluding carboxylic acids is 1. The summed E-state index contributed by atoms with van der Waals surface area (Å²) >= 11 is 1.31. The molecule has 1 aromatic carbocycles. The maximum atomic E-state index is 13.7. The lowest BCUT2D eigenvalue weighted by molar-refractivity contribution is -0.147. The van der Waals surface area contributed by atoms with Crippen molar-refractivity contribution in [1.82, 2.24) is 9.47 Å². The van der Waals surface area contributed by atoms with Crippen molar-refractivity contribution in [3.05, 3.63) is 57.6 Å². The number of halogens is 4. The van der Waals surface area contributed by atoms with Crippen molar-refractivity contribution in [2.75, 3.05) is 19.8 Å². The van der Waals surface area contributed by atoms with Gasteiger partial charge in [0.1, 0.15) is 25.7 Å². The molecule has 0 unspecified atom stereocenters. The van der Waals surface area contributed by atoms with Gasteiger partial charge in [-0.05, 0) is 23.8 Å². The number of aromatic nitrogens is 1. The second-order valence-corrected chi connectivity index (χ2v) is 8.02. The number of rotatable bonds is 5. The van der Waals surface area contributed by atoms with Gasteiger partial charge in [0.05, 0.1) is 18.5 Å². The van der Waals surface area contributed by atoms with Crippen molar-refractivity contribution in [1.29, 1.82) is 0 Å². The van der Waals surface area contributed by atoms with Gasteiger partial charge >= 0.3 is 0 Å². The summed E-state index contributed by atoms with van der Waals surface area (Å²) in [7, 11) is 0. The Labute approximate surface area is 167 Å². The number of thiophene rings is 1. The molecular weight excluding hydrogens is 408 g/mol. The Bertz CT molecular complexity index is 1150. The minimum atomic E-state index is -2.00. The van der Waals surface area contributed by atoms with Gasteiger partial charge in [0.15, 0.2) is 5.67 Å². The smallest absolute Gasteiger partial charge is 0.260 e. The van der Waals surface area contributed by atoms with Gasteiger partial charge in [-0.2, -0.15) is 0 Å². The zero-order chi connectivity index (χ0) is 20.8. The van der Waals surface area contributed by atoms with Crippen LogP contribution in [-0.4, -0.2) is 40.8 Å².